The first-order valence-electron chi connectivity index (χ1n) is 13.8. The van der Waals surface area contributed by atoms with E-state index in [0.717, 1.165) is 51.3 Å². The summed E-state index contributed by atoms with van der Waals surface area (Å²) in [6.45, 7) is 9.02. The molecule has 4 heteroatoms. The summed E-state index contributed by atoms with van der Waals surface area (Å²) in [5.74, 6) is 1.05. The maximum atomic E-state index is 14.8. The maximum absolute atomic E-state index is 14.8. The summed E-state index contributed by atoms with van der Waals surface area (Å²) in [6.07, 6.45) is 8.76. The van der Waals surface area contributed by atoms with Crippen molar-refractivity contribution in [2.24, 2.45) is 0 Å². The molecule has 0 saturated heterocycles. The Balaban J connectivity index is 1.45. The minimum absolute atomic E-state index is 0.313. The molecule has 0 aliphatic carbocycles. The quantitative estimate of drug-likeness (QED) is 0.177. The molecule has 0 atom stereocenters. The van der Waals surface area contributed by atoms with Gasteiger partial charge in [-0.25, -0.2) is 8.78 Å². The van der Waals surface area contributed by atoms with Crippen molar-refractivity contribution < 1.29 is 18.3 Å². The van der Waals surface area contributed by atoms with Gasteiger partial charge in [0.25, 0.3) is 0 Å². The largest absolute Gasteiger partial charge is 0.493 e. The molecule has 0 N–H and O–H groups in total. The van der Waals surface area contributed by atoms with Crippen LogP contribution in [0.1, 0.15) is 58.4 Å². The van der Waals surface area contributed by atoms with Crippen molar-refractivity contribution in [3.63, 3.8) is 0 Å². The molecule has 206 valence electrons. The van der Waals surface area contributed by atoms with E-state index in [2.05, 4.69) is 37.3 Å². The standard InChI is InChI=1S/C36H36F2O2/c1-5-39-35-22-26(4)8-14-31(35)19-20-32-16-12-28(24-36(32)40-6-2)10-9-27-11-15-30(34(38)23-27)18-17-29-13-7-25(3)21-33(29)37/h7-8,11-24H,5-6,9-10H2,1-4H3/b18-17+,20-19+. The third-order valence-corrected chi connectivity index (χ3v) is 6.65. The fraction of sp³-hybridized carbons (Fsp3) is 0.222. The average molecular weight is 539 g/mol. The SMILES string of the molecule is CCOc1cc(C)ccc1/C=C/c1ccc(CCc2ccc(/C=C/c3ccc(C)cc3F)c(F)c2)cc1OCC. The van der Waals surface area contributed by atoms with Crippen molar-refractivity contribution >= 4 is 24.3 Å². The van der Waals surface area contributed by atoms with Gasteiger partial charge in [-0.05, 0) is 87.1 Å². The van der Waals surface area contributed by atoms with Crippen molar-refractivity contribution in [3.8, 4) is 11.5 Å². The number of hydrogen-bond donors (Lipinski definition) is 0. The summed E-state index contributed by atoms with van der Waals surface area (Å²) in [7, 11) is 0. The Bertz CT molecular complexity index is 1520. The number of aryl methyl sites for hydroxylation is 4. The average Bonchev–Trinajstić information content (AvgIpc) is 2.93. The fourth-order valence-electron chi connectivity index (χ4n) is 4.49. The number of rotatable bonds is 11. The van der Waals surface area contributed by atoms with Crippen LogP contribution in [0, 0.1) is 25.5 Å². The van der Waals surface area contributed by atoms with Gasteiger partial charge in [-0.1, -0.05) is 72.8 Å². The Morgan fingerprint density at radius 2 is 0.950 bits per heavy atom. The first-order chi connectivity index (χ1) is 19.4. The Kier molecular flexibility index (Phi) is 9.91. The van der Waals surface area contributed by atoms with Gasteiger partial charge in [0.2, 0.25) is 0 Å². The van der Waals surface area contributed by atoms with E-state index in [9.17, 15) is 8.78 Å². The van der Waals surface area contributed by atoms with Gasteiger partial charge >= 0.3 is 0 Å². The van der Waals surface area contributed by atoms with Crippen molar-refractivity contribution in [2.45, 2.75) is 40.5 Å². The first kappa shape index (κ1) is 28.8. The van der Waals surface area contributed by atoms with Crippen LogP contribution in [-0.4, -0.2) is 13.2 Å². The van der Waals surface area contributed by atoms with E-state index in [0.29, 0.717) is 30.8 Å². The lowest BCUT2D eigenvalue weighted by atomic mass is 10.0. The summed E-state index contributed by atoms with van der Waals surface area (Å²) in [4.78, 5) is 0. The first-order valence-corrected chi connectivity index (χ1v) is 13.8. The van der Waals surface area contributed by atoms with E-state index < -0.39 is 0 Å². The smallest absolute Gasteiger partial charge is 0.130 e. The van der Waals surface area contributed by atoms with Crippen molar-refractivity contribution in [1.29, 1.82) is 0 Å². The zero-order valence-corrected chi connectivity index (χ0v) is 23.6. The summed E-state index contributed by atoms with van der Waals surface area (Å²) in [6, 6.07) is 22.6. The molecule has 0 bridgehead atoms. The molecule has 0 aromatic heterocycles. The zero-order valence-electron chi connectivity index (χ0n) is 23.6. The van der Waals surface area contributed by atoms with Gasteiger partial charge in [0.15, 0.2) is 0 Å². The number of benzene rings is 4. The van der Waals surface area contributed by atoms with E-state index in [1.165, 1.54) is 6.07 Å². The normalized spacial score (nSPS) is 11.4. The Morgan fingerprint density at radius 1 is 0.525 bits per heavy atom. The van der Waals surface area contributed by atoms with E-state index in [4.69, 9.17) is 9.47 Å². The van der Waals surface area contributed by atoms with Crippen LogP contribution in [0.5, 0.6) is 11.5 Å². The Morgan fingerprint density at radius 3 is 1.50 bits per heavy atom. The highest BCUT2D eigenvalue weighted by atomic mass is 19.1. The monoisotopic (exact) mass is 538 g/mol. The lowest BCUT2D eigenvalue weighted by Crippen LogP contribution is -1.98. The topological polar surface area (TPSA) is 18.5 Å². The van der Waals surface area contributed by atoms with Gasteiger partial charge in [0.05, 0.1) is 13.2 Å². The summed E-state index contributed by atoms with van der Waals surface area (Å²) < 4.78 is 40.7. The second-order valence-corrected chi connectivity index (χ2v) is 9.83. The van der Waals surface area contributed by atoms with Gasteiger partial charge in [-0.2, -0.15) is 0 Å². The van der Waals surface area contributed by atoms with E-state index >= 15 is 0 Å². The van der Waals surface area contributed by atoms with Gasteiger partial charge in [-0.3, -0.25) is 0 Å². The van der Waals surface area contributed by atoms with Crippen LogP contribution in [0.25, 0.3) is 24.3 Å². The molecule has 0 saturated carbocycles. The van der Waals surface area contributed by atoms with E-state index in [1.807, 2.05) is 51.1 Å². The van der Waals surface area contributed by atoms with Gasteiger partial charge in [0.1, 0.15) is 23.1 Å². The number of ether oxygens (including phenoxy) is 2. The van der Waals surface area contributed by atoms with Crippen LogP contribution in [0.2, 0.25) is 0 Å². The molecule has 2 nitrogen and oxygen atoms in total. The molecule has 4 rings (SSSR count). The number of hydrogen-bond acceptors (Lipinski definition) is 2. The van der Waals surface area contributed by atoms with E-state index in [1.54, 1.807) is 30.4 Å². The third-order valence-electron chi connectivity index (χ3n) is 6.65. The van der Waals surface area contributed by atoms with Crippen molar-refractivity contribution in [1.82, 2.24) is 0 Å². The molecule has 4 aromatic rings. The summed E-state index contributed by atoms with van der Waals surface area (Å²) in [5.41, 5.74) is 6.90. The predicted molar refractivity (Wildman–Crippen MR) is 163 cm³/mol. The molecule has 0 heterocycles. The molecule has 4 aromatic carbocycles. The Hall–Kier alpha value is -4.18. The minimum Gasteiger partial charge on any atom is -0.493 e. The lowest BCUT2D eigenvalue weighted by Gasteiger charge is -2.11. The van der Waals surface area contributed by atoms with Crippen LogP contribution in [0.15, 0.2) is 72.8 Å². The van der Waals surface area contributed by atoms with Crippen molar-refractivity contribution in [2.75, 3.05) is 13.2 Å². The molecule has 40 heavy (non-hydrogen) atoms. The lowest BCUT2D eigenvalue weighted by molar-refractivity contribution is 0.338. The second kappa shape index (κ2) is 13.7. The molecular weight excluding hydrogens is 502 g/mol. The molecule has 0 amide bonds. The molecule has 0 aliphatic heterocycles. The fourth-order valence-corrected chi connectivity index (χ4v) is 4.49. The summed E-state index contributed by atoms with van der Waals surface area (Å²) in [5, 5.41) is 0. The van der Waals surface area contributed by atoms with E-state index in [-0.39, 0.29) is 11.6 Å². The highest BCUT2D eigenvalue weighted by molar-refractivity contribution is 5.75. The second-order valence-electron chi connectivity index (χ2n) is 9.83. The molecule has 0 radical (unpaired) electrons. The highest BCUT2D eigenvalue weighted by Gasteiger charge is 2.07. The van der Waals surface area contributed by atoms with Gasteiger partial charge < -0.3 is 9.47 Å². The predicted octanol–water partition coefficient (Wildman–Crippen LogP) is 9.51. The zero-order chi connectivity index (χ0) is 28.5. The summed E-state index contributed by atoms with van der Waals surface area (Å²) >= 11 is 0. The molecule has 0 aliphatic rings. The maximum Gasteiger partial charge on any atom is 0.130 e. The van der Waals surface area contributed by atoms with Crippen LogP contribution in [0.3, 0.4) is 0 Å². The van der Waals surface area contributed by atoms with Crippen LogP contribution < -0.4 is 9.47 Å². The highest BCUT2D eigenvalue weighted by Crippen LogP contribution is 2.27. The third kappa shape index (κ3) is 7.69. The Labute approximate surface area is 236 Å². The molecular formula is C36H36F2O2. The molecule has 0 spiro atoms. The van der Waals surface area contributed by atoms with Crippen LogP contribution >= 0.6 is 0 Å². The van der Waals surface area contributed by atoms with Gasteiger partial charge in [0, 0.05) is 22.3 Å². The van der Waals surface area contributed by atoms with Gasteiger partial charge in [-0.15, -0.1) is 0 Å². The molecule has 0 fully saturated rings. The number of halogens is 2. The molecule has 0 unspecified atom stereocenters. The van der Waals surface area contributed by atoms with Crippen LogP contribution in [0.4, 0.5) is 8.78 Å². The van der Waals surface area contributed by atoms with Crippen LogP contribution in [-0.2, 0) is 12.8 Å². The minimum atomic E-state index is -0.320. The van der Waals surface area contributed by atoms with Crippen molar-refractivity contribution in [3.05, 3.63) is 129 Å².